The molecule has 1 aromatic rings. The molecule has 0 radical (unpaired) electrons. The van der Waals surface area contributed by atoms with Gasteiger partial charge in [0.2, 0.25) is 15.9 Å². The molecule has 1 saturated carbocycles. The molecule has 3 aliphatic rings. The molecule has 1 spiro atoms. The number of urea groups is 1. The van der Waals surface area contributed by atoms with Gasteiger partial charge in [-0.05, 0) is 43.5 Å². The standard InChI is InChI=1S/C22H27N5O5S/c23-16-17-5-7-18(8-6-17)33(31,32)26-14-12-25(13-15-26)19(28)4-3-11-27-20(29)22(24-21(27)30)9-1-2-10-22/h5-8H,1-4,9-15H2,(H,24,30). The van der Waals surface area contributed by atoms with Crippen LogP contribution in [0.25, 0.3) is 0 Å². The van der Waals surface area contributed by atoms with Crippen LogP contribution in [0, 0.1) is 11.3 Å². The molecule has 0 unspecified atom stereocenters. The summed E-state index contributed by atoms with van der Waals surface area (Å²) in [7, 11) is -3.69. The maximum atomic E-state index is 12.8. The van der Waals surface area contributed by atoms with Crippen molar-refractivity contribution in [1.82, 2.24) is 19.4 Å². The second kappa shape index (κ2) is 9.11. The van der Waals surface area contributed by atoms with Gasteiger partial charge >= 0.3 is 6.03 Å². The summed E-state index contributed by atoms with van der Waals surface area (Å²) >= 11 is 0. The number of hydrogen-bond donors (Lipinski definition) is 1. The Balaban J connectivity index is 1.25. The van der Waals surface area contributed by atoms with Gasteiger partial charge in [-0.3, -0.25) is 14.5 Å². The number of rotatable bonds is 6. The Bertz CT molecular complexity index is 1080. The molecule has 2 saturated heterocycles. The third-order valence-corrected chi connectivity index (χ3v) is 8.60. The van der Waals surface area contributed by atoms with E-state index in [1.807, 2.05) is 6.07 Å². The van der Waals surface area contributed by atoms with Crippen LogP contribution in [0.5, 0.6) is 0 Å². The lowest BCUT2D eigenvalue weighted by molar-refractivity contribution is -0.134. The molecule has 2 aliphatic heterocycles. The van der Waals surface area contributed by atoms with Gasteiger partial charge in [0.15, 0.2) is 0 Å². The first-order valence-corrected chi connectivity index (χ1v) is 12.6. The number of nitrogens with one attached hydrogen (secondary N) is 1. The van der Waals surface area contributed by atoms with E-state index in [1.54, 1.807) is 4.90 Å². The minimum atomic E-state index is -3.69. The fourth-order valence-electron chi connectivity index (χ4n) is 4.77. The quantitative estimate of drug-likeness (QED) is 0.614. The summed E-state index contributed by atoms with van der Waals surface area (Å²) in [5.74, 6) is -0.299. The monoisotopic (exact) mass is 473 g/mol. The maximum Gasteiger partial charge on any atom is 0.325 e. The Morgan fingerprint density at radius 1 is 1.06 bits per heavy atom. The van der Waals surface area contributed by atoms with Crippen molar-refractivity contribution >= 4 is 27.9 Å². The van der Waals surface area contributed by atoms with Gasteiger partial charge in [-0.2, -0.15) is 9.57 Å². The van der Waals surface area contributed by atoms with Crippen molar-refractivity contribution < 1.29 is 22.8 Å². The zero-order valence-corrected chi connectivity index (χ0v) is 19.1. The van der Waals surface area contributed by atoms with E-state index in [4.69, 9.17) is 5.26 Å². The summed E-state index contributed by atoms with van der Waals surface area (Å²) < 4.78 is 27.0. The van der Waals surface area contributed by atoms with E-state index in [2.05, 4.69) is 5.32 Å². The third-order valence-electron chi connectivity index (χ3n) is 6.69. The molecule has 4 rings (SSSR count). The highest BCUT2D eigenvalue weighted by atomic mass is 32.2. The first kappa shape index (κ1) is 23.2. The molecule has 1 aliphatic carbocycles. The van der Waals surface area contributed by atoms with Crippen molar-refractivity contribution in [3.05, 3.63) is 29.8 Å². The first-order valence-electron chi connectivity index (χ1n) is 11.2. The molecule has 176 valence electrons. The number of benzene rings is 1. The average Bonchev–Trinajstić information content (AvgIpc) is 3.39. The van der Waals surface area contributed by atoms with Crippen LogP contribution in [0.2, 0.25) is 0 Å². The highest BCUT2D eigenvalue weighted by Crippen LogP contribution is 2.35. The number of hydrogen-bond acceptors (Lipinski definition) is 6. The highest BCUT2D eigenvalue weighted by Gasteiger charge is 2.52. The van der Waals surface area contributed by atoms with Crippen molar-refractivity contribution in [2.75, 3.05) is 32.7 Å². The maximum absolute atomic E-state index is 12.8. The topological polar surface area (TPSA) is 131 Å². The fraction of sp³-hybridized carbons (Fsp3) is 0.545. The van der Waals surface area contributed by atoms with E-state index in [1.165, 1.54) is 33.5 Å². The third kappa shape index (κ3) is 4.45. The molecule has 0 aromatic heterocycles. The molecule has 2 heterocycles. The average molecular weight is 474 g/mol. The summed E-state index contributed by atoms with van der Waals surface area (Å²) in [5, 5.41) is 11.7. The molecular weight excluding hydrogens is 446 g/mol. The summed E-state index contributed by atoms with van der Waals surface area (Å²) in [6.45, 7) is 1.12. The number of carbonyl (C=O) groups is 3. The predicted molar refractivity (Wildman–Crippen MR) is 117 cm³/mol. The highest BCUT2D eigenvalue weighted by molar-refractivity contribution is 7.89. The molecule has 1 aromatic carbocycles. The Morgan fingerprint density at radius 3 is 2.30 bits per heavy atom. The number of amides is 4. The van der Waals surface area contributed by atoms with E-state index in [-0.39, 0.29) is 61.9 Å². The van der Waals surface area contributed by atoms with E-state index in [0.717, 1.165) is 12.8 Å². The lowest BCUT2D eigenvalue weighted by Crippen LogP contribution is -2.50. The number of piperazine rings is 1. The summed E-state index contributed by atoms with van der Waals surface area (Å²) in [6.07, 6.45) is 3.74. The van der Waals surface area contributed by atoms with Gasteiger partial charge in [-0.1, -0.05) is 12.8 Å². The SMILES string of the molecule is N#Cc1ccc(S(=O)(=O)N2CCN(C(=O)CCCN3C(=O)NC4(CCCC4)C3=O)CC2)cc1. The van der Waals surface area contributed by atoms with Crippen LogP contribution in [-0.2, 0) is 19.6 Å². The molecular formula is C22H27N5O5S. The van der Waals surface area contributed by atoms with Crippen molar-refractivity contribution in [3.63, 3.8) is 0 Å². The number of nitrogens with zero attached hydrogens (tertiary/aromatic N) is 4. The second-order valence-corrected chi connectivity index (χ2v) is 10.6. The van der Waals surface area contributed by atoms with Gasteiger partial charge in [0.05, 0.1) is 16.5 Å². The van der Waals surface area contributed by atoms with Crippen LogP contribution in [0.1, 0.15) is 44.1 Å². The summed E-state index contributed by atoms with van der Waals surface area (Å²) in [6, 6.07) is 7.34. The second-order valence-electron chi connectivity index (χ2n) is 8.70. The van der Waals surface area contributed by atoms with Crippen molar-refractivity contribution in [3.8, 4) is 6.07 Å². The van der Waals surface area contributed by atoms with Gasteiger partial charge in [-0.25, -0.2) is 13.2 Å². The van der Waals surface area contributed by atoms with Crippen LogP contribution in [0.15, 0.2) is 29.2 Å². The Kier molecular flexibility index (Phi) is 6.41. The van der Waals surface area contributed by atoms with Crippen LogP contribution in [-0.4, -0.2) is 78.6 Å². The van der Waals surface area contributed by atoms with Crippen LogP contribution < -0.4 is 5.32 Å². The molecule has 0 bridgehead atoms. The summed E-state index contributed by atoms with van der Waals surface area (Å²) in [4.78, 5) is 40.5. The smallest absolute Gasteiger partial charge is 0.325 e. The van der Waals surface area contributed by atoms with Gasteiger partial charge in [0, 0.05) is 39.1 Å². The number of imide groups is 1. The van der Waals surface area contributed by atoms with Crippen LogP contribution in [0.4, 0.5) is 4.79 Å². The first-order chi connectivity index (χ1) is 15.8. The van der Waals surface area contributed by atoms with Gasteiger partial charge in [-0.15, -0.1) is 0 Å². The predicted octanol–water partition coefficient (Wildman–Crippen LogP) is 1.04. The van der Waals surface area contributed by atoms with E-state index >= 15 is 0 Å². The zero-order chi connectivity index (χ0) is 23.6. The van der Waals surface area contributed by atoms with Crippen molar-refractivity contribution in [2.45, 2.75) is 49.0 Å². The lowest BCUT2D eigenvalue weighted by atomic mass is 9.98. The largest absolute Gasteiger partial charge is 0.340 e. The van der Waals surface area contributed by atoms with Gasteiger partial charge in [0.25, 0.3) is 5.91 Å². The summed E-state index contributed by atoms with van der Waals surface area (Å²) in [5.41, 5.74) is -0.353. The Hall–Kier alpha value is -2.97. The minimum Gasteiger partial charge on any atom is -0.340 e. The van der Waals surface area contributed by atoms with Crippen LogP contribution in [0.3, 0.4) is 0 Å². The fourth-order valence-corrected chi connectivity index (χ4v) is 6.19. The lowest BCUT2D eigenvalue weighted by Gasteiger charge is -2.34. The van der Waals surface area contributed by atoms with Gasteiger partial charge < -0.3 is 10.2 Å². The molecule has 3 fully saturated rings. The molecule has 33 heavy (non-hydrogen) atoms. The number of carbonyl (C=O) groups excluding carboxylic acids is 3. The van der Waals surface area contributed by atoms with Crippen LogP contribution >= 0.6 is 0 Å². The molecule has 0 atom stereocenters. The molecule has 4 amide bonds. The Morgan fingerprint density at radius 2 is 1.70 bits per heavy atom. The van der Waals surface area contributed by atoms with E-state index < -0.39 is 15.6 Å². The van der Waals surface area contributed by atoms with Gasteiger partial charge in [0.1, 0.15) is 5.54 Å². The zero-order valence-electron chi connectivity index (χ0n) is 18.3. The number of nitriles is 1. The normalized spacial score (nSPS) is 20.8. The number of sulfonamides is 1. The molecule has 10 nitrogen and oxygen atoms in total. The van der Waals surface area contributed by atoms with Crippen molar-refractivity contribution in [1.29, 1.82) is 5.26 Å². The Labute approximate surface area is 193 Å². The van der Waals surface area contributed by atoms with E-state index in [0.29, 0.717) is 24.8 Å². The van der Waals surface area contributed by atoms with Crippen molar-refractivity contribution in [2.24, 2.45) is 0 Å². The van der Waals surface area contributed by atoms with E-state index in [9.17, 15) is 22.8 Å². The minimum absolute atomic E-state index is 0.118. The molecule has 1 N–H and O–H groups in total. The molecule has 11 heteroatoms.